The predicted octanol–water partition coefficient (Wildman–Crippen LogP) is 1.94. The highest BCUT2D eigenvalue weighted by molar-refractivity contribution is 5.87. The van der Waals surface area contributed by atoms with Crippen molar-refractivity contribution in [2.45, 2.75) is 12.5 Å². The van der Waals surface area contributed by atoms with Crippen LogP contribution in [0.1, 0.15) is 18.0 Å². The Kier molecular flexibility index (Phi) is 5.68. The minimum atomic E-state index is -0.880. The van der Waals surface area contributed by atoms with Crippen LogP contribution >= 0.6 is 0 Å². The molecule has 23 heavy (non-hydrogen) atoms. The van der Waals surface area contributed by atoms with Crippen LogP contribution in [0.2, 0.25) is 0 Å². The Bertz CT molecular complexity index is 659. The van der Waals surface area contributed by atoms with E-state index in [1.165, 1.54) is 24.3 Å². The molecule has 0 bridgehead atoms. The number of benzene rings is 2. The third-order valence-corrected chi connectivity index (χ3v) is 3.13. The van der Waals surface area contributed by atoms with Gasteiger partial charge in [-0.2, -0.15) is 0 Å². The summed E-state index contributed by atoms with van der Waals surface area (Å²) < 4.78 is 18.1. The Morgan fingerprint density at radius 2 is 1.74 bits per heavy atom. The number of nitrogens with one attached hydrogen (secondary N) is 1. The summed E-state index contributed by atoms with van der Waals surface area (Å²) >= 11 is 0. The molecule has 2 aromatic rings. The SMILES string of the molecule is NC(=O)C(NC(=O)CCOc1ccc(F)cc1)c1ccccc1. The second-order valence-electron chi connectivity index (χ2n) is 4.87. The summed E-state index contributed by atoms with van der Waals surface area (Å²) in [6.45, 7) is 0.109. The summed E-state index contributed by atoms with van der Waals surface area (Å²) in [7, 11) is 0. The number of carbonyl (C=O) groups excluding carboxylic acids is 2. The first kappa shape index (κ1) is 16.5. The van der Waals surface area contributed by atoms with Crippen molar-refractivity contribution in [1.82, 2.24) is 5.32 Å². The standard InChI is InChI=1S/C17H17FN2O3/c18-13-6-8-14(9-7-13)23-11-10-15(21)20-16(17(19)22)12-4-2-1-3-5-12/h1-9,16H,10-11H2,(H2,19,22)(H,20,21). The highest BCUT2D eigenvalue weighted by Gasteiger charge is 2.19. The molecule has 2 rings (SSSR count). The molecular weight excluding hydrogens is 299 g/mol. The Hall–Kier alpha value is -2.89. The minimum absolute atomic E-state index is 0.0496. The van der Waals surface area contributed by atoms with E-state index in [0.717, 1.165) is 0 Å². The molecule has 0 saturated carbocycles. The molecule has 5 nitrogen and oxygen atoms in total. The first-order valence-corrected chi connectivity index (χ1v) is 7.08. The molecule has 0 aliphatic carbocycles. The van der Waals surface area contributed by atoms with Gasteiger partial charge in [-0.3, -0.25) is 9.59 Å². The van der Waals surface area contributed by atoms with Crippen LogP contribution < -0.4 is 15.8 Å². The Morgan fingerprint density at radius 3 is 2.35 bits per heavy atom. The smallest absolute Gasteiger partial charge is 0.244 e. The molecule has 6 heteroatoms. The van der Waals surface area contributed by atoms with E-state index in [9.17, 15) is 14.0 Å². The molecule has 0 saturated heterocycles. The summed E-state index contributed by atoms with van der Waals surface area (Å²) in [5.74, 6) is -0.889. The van der Waals surface area contributed by atoms with Gasteiger partial charge >= 0.3 is 0 Å². The first-order chi connectivity index (χ1) is 11.1. The fraction of sp³-hybridized carbons (Fsp3) is 0.176. The van der Waals surface area contributed by atoms with Gasteiger partial charge < -0.3 is 15.8 Å². The number of amides is 2. The predicted molar refractivity (Wildman–Crippen MR) is 83.0 cm³/mol. The van der Waals surface area contributed by atoms with E-state index in [2.05, 4.69) is 5.32 Å². The van der Waals surface area contributed by atoms with Crippen molar-refractivity contribution in [1.29, 1.82) is 0 Å². The molecule has 1 atom stereocenters. The van der Waals surface area contributed by atoms with Crippen molar-refractivity contribution in [2.75, 3.05) is 6.61 Å². The highest BCUT2D eigenvalue weighted by atomic mass is 19.1. The van der Waals surface area contributed by atoms with Gasteiger partial charge in [0.05, 0.1) is 13.0 Å². The normalized spacial score (nSPS) is 11.5. The quantitative estimate of drug-likeness (QED) is 0.819. The zero-order valence-corrected chi connectivity index (χ0v) is 12.4. The maximum atomic E-state index is 12.8. The fourth-order valence-corrected chi connectivity index (χ4v) is 1.99. The van der Waals surface area contributed by atoms with E-state index in [-0.39, 0.29) is 24.8 Å². The van der Waals surface area contributed by atoms with Crippen LogP contribution in [-0.2, 0) is 9.59 Å². The maximum absolute atomic E-state index is 12.8. The molecule has 0 aliphatic heterocycles. The van der Waals surface area contributed by atoms with Gasteiger partial charge in [0.1, 0.15) is 17.6 Å². The van der Waals surface area contributed by atoms with Crippen molar-refractivity contribution in [3.63, 3.8) is 0 Å². The molecule has 2 aromatic carbocycles. The van der Waals surface area contributed by atoms with Gasteiger partial charge in [-0.25, -0.2) is 4.39 Å². The lowest BCUT2D eigenvalue weighted by Gasteiger charge is -2.16. The Balaban J connectivity index is 1.85. The van der Waals surface area contributed by atoms with Crippen molar-refractivity contribution < 1.29 is 18.7 Å². The van der Waals surface area contributed by atoms with Crippen molar-refractivity contribution in [3.05, 3.63) is 66.0 Å². The van der Waals surface area contributed by atoms with Crippen LogP contribution in [0.5, 0.6) is 5.75 Å². The van der Waals surface area contributed by atoms with E-state index in [4.69, 9.17) is 10.5 Å². The largest absolute Gasteiger partial charge is 0.493 e. The summed E-state index contributed by atoms with van der Waals surface area (Å²) in [5, 5.41) is 2.57. The van der Waals surface area contributed by atoms with Gasteiger partial charge in [0.2, 0.25) is 11.8 Å². The van der Waals surface area contributed by atoms with Gasteiger partial charge in [0.25, 0.3) is 0 Å². The zero-order chi connectivity index (χ0) is 16.7. The Morgan fingerprint density at radius 1 is 1.09 bits per heavy atom. The maximum Gasteiger partial charge on any atom is 0.244 e. The molecule has 2 amide bonds. The molecular formula is C17H17FN2O3. The number of halogens is 1. The molecule has 0 fully saturated rings. The van der Waals surface area contributed by atoms with Crippen LogP contribution in [0.25, 0.3) is 0 Å². The van der Waals surface area contributed by atoms with Crippen molar-refractivity contribution >= 4 is 11.8 Å². The second kappa shape index (κ2) is 7.93. The number of rotatable bonds is 7. The summed E-state index contributed by atoms with van der Waals surface area (Å²) in [5.41, 5.74) is 5.95. The molecule has 0 aromatic heterocycles. The monoisotopic (exact) mass is 316 g/mol. The average molecular weight is 316 g/mol. The topological polar surface area (TPSA) is 81.4 Å². The highest BCUT2D eigenvalue weighted by Crippen LogP contribution is 2.13. The third-order valence-electron chi connectivity index (χ3n) is 3.13. The fourth-order valence-electron chi connectivity index (χ4n) is 1.99. The van der Waals surface area contributed by atoms with Gasteiger partial charge in [-0.05, 0) is 29.8 Å². The van der Waals surface area contributed by atoms with Crippen LogP contribution in [-0.4, -0.2) is 18.4 Å². The number of hydrogen-bond acceptors (Lipinski definition) is 3. The van der Waals surface area contributed by atoms with Crippen LogP contribution in [0, 0.1) is 5.82 Å². The van der Waals surface area contributed by atoms with Crippen molar-refractivity contribution in [2.24, 2.45) is 5.73 Å². The van der Waals surface area contributed by atoms with Crippen LogP contribution in [0.3, 0.4) is 0 Å². The molecule has 0 heterocycles. The van der Waals surface area contributed by atoms with Crippen molar-refractivity contribution in [3.8, 4) is 5.75 Å². The second-order valence-corrected chi connectivity index (χ2v) is 4.87. The third kappa shape index (κ3) is 5.10. The van der Waals surface area contributed by atoms with E-state index < -0.39 is 11.9 Å². The van der Waals surface area contributed by atoms with E-state index in [1.54, 1.807) is 30.3 Å². The van der Waals surface area contributed by atoms with Gasteiger partial charge in [0.15, 0.2) is 0 Å². The van der Waals surface area contributed by atoms with Gasteiger partial charge in [-0.15, -0.1) is 0 Å². The lowest BCUT2D eigenvalue weighted by atomic mass is 10.1. The minimum Gasteiger partial charge on any atom is -0.493 e. The van der Waals surface area contributed by atoms with E-state index >= 15 is 0 Å². The number of nitrogens with two attached hydrogens (primary N) is 1. The lowest BCUT2D eigenvalue weighted by molar-refractivity contribution is -0.127. The molecule has 0 radical (unpaired) electrons. The number of ether oxygens (including phenoxy) is 1. The van der Waals surface area contributed by atoms with Crippen LogP contribution in [0.15, 0.2) is 54.6 Å². The zero-order valence-electron chi connectivity index (χ0n) is 12.4. The average Bonchev–Trinajstić information content (AvgIpc) is 2.55. The summed E-state index contributed by atoms with van der Waals surface area (Å²) in [4.78, 5) is 23.4. The number of carbonyl (C=O) groups is 2. The van der Waals surface area contributed by atoms with Gasteiger partial charge in [-0.1, -0.05) is 30.3 Å². The molecule has 120 valence electrons. The first-order valence-electron chi connectivity index (χ1n) is 7.08. The molecule has 3 N–H and O–H groups in total. The van der Waals surface area contributed by atoms with E-state index in [0.29, 0.717) is 11.3 Å². The Labute approximate surface area is 133 Å². The van der Waals surface area contributed by atoms with Crippen LogP contribution in [0.4, 0.5) is 4.39 Å². The summed E-state index contributed by atoms with van der Waals surface area (Å²) in [6, 6.07) is 13.4. The lowest BCUT2D eigenvalue weighted by Crippen LogP contribution is -2.37. The summed E-state index contributed by atoms with van der Waals surface area (Å²) in [6.07, 6.45) is 0.0496. The molecule has 1 unspecified atom stereocenters. The van der Waals surface area contributed by atoms with E-state index in [1.807, 2.05) is 0 Å². The molecule has 0 aliphatic rings. The van der Waals surface area contributed by atoms with Gasteiger partial charge in [0, 0.05) is 0 Å². The molecule has 0 spiro atoms. The number of hydrogen-bond donors (Lipinski definition) is 2. The number of primary amides is 1.